The highest BCUT2D eigenvalue weighted by atomic mass is 35.5. The third-order valence-electron chi connectivity index (χ3n) is 2.52. The van der Waals surface area contributed by atoms with Crippen molar-refractivity contribution < 1.29 is 0 Å². The molecule has 4 heteroatoms. The molecule has 17 heavy (non-hydrogen) atoms. The minimum absolute atomic E-state index is 0.564. The van der Waals surface area contributed by atoms with Crippen LogP contribution in [0.2, 0.25) is 10.0 Å². The first-order valence-electron chi connectivity index (χ1n) is 5.98. The van der Waals surface area contributed by atoms with E-state index in [2.05, 4.69) is 19.2 Å². The molecule has 1 aromatic carbocycles. The molecule has 96 valence electrons. The minimum atomic E-state index is 0.564. The van der Waals surface area contributed by atoms with Gasteiger partial charge in [0.2, 0.25) is 0 Å². The average Bonchev–Trinajstić information content (AvgIpc) is 2.34. The summed E-state index contributed by atoms with van der Waals surface area (Å²) >= 11 is 13.7. The molecular weight excluding hydrogens is 273 g/mol. The smallest absolute Gasteiger partial charge is 0.0603 e. The molecule has 0 aliphatic carbocycles. The molecule has 0 aliphatic rings. The van der Waals surface area contributed by atoms with E-state index >= 15 is 0 Å². The summed E-state index contributed by atoms with van der Waals surface area (Å²) < 4.78 is 0. The Bertz CT molecular complexity index is 344. The van der Waals surface area contributed by atoms with Crippen molar-refractivity contribution in [2.45, 2.75) is 37.6 Å². The highest BCUT2D eigenvalue weighted by Gasteiger charge is 2.06. The van der Waals surface area contributed by atoms with Crippen LogP contribution in [0, 0.1) is 0 Å². The van der Waals surface area contributed by atoms with Crippen molar-refractivity contribution in [3.05, 3.63) is 28.2 Å². The SMILES string of the molecule is CCCNC(CC)CSc1ccc(Cl)c(Cl)c1. The van der Waals surface area contributed by atoms with Gasteiger partial charge in [-0.1, -0.05) is 37.0 Å². The Morgan fingerprint density at radius 2 is 2.00 bits per heavy atom. The molecule has 1 unspecified atom stereocenters. The summed E-state index contributed by atoms with van der Waals surface area (Å²) in [6.07, 6.45) is 2.32. The normalized spacial score (nSPS) is 12.7. The van der Waals surface area contributed by atoms with Crippen molar-refractivity contribution in [3.8, 4) is 0 Å². The Morgan fingerprint density at radius 1 is 1.24 bits per heavy atom. The predicted molar refractivity (Wildman–Crippen MR) is 79.6 cm³/mol. The second kappa shape index (κ2) is 8.25. The van der Waals surface area contributed by atoms with E-state index in [-0.39, 0.29) is 0 Å². The number of hydrogen-bond acceptors (Lipinski definition) is 2. The molecule has 0 bridgehead atoms. The van der Waals surface area contributed by atoms with E-state index in [1.807, 2.05) is 30.0 Å². The van der Waals surface area contributed by atoms with Crippen molar-refractivity contribution >= 4 is 35.0 Å². The molecule has 1 nitrogen and oxygen atoms in total. The Labute approximate surface area is 118 Å². The van der Waals surface area contributed by atoms with Crippen LogP contribution in [0.4, 0.5) is 0 Å². The van der Waals surface area contributed by atoms with Gasteiger partial charge >= 0.3 is 0 Å². The molecule has 0 saturated carbocycles. The second-order valence-corrected chi connectivity index (χ2v) is 5.85. The van der Waals surface area contributed by atoms with E-state index in [4.69, 9.17) is 23.2 Å². The Morgan fingerprint density at radius 3 is 2.59 bits per heavy atom. The molecule has 0 aromatic heterocycles. The summed E-state index contributed by atoms with van der Waals surface area (Å²) in [7, 11) is 0. The number of rotatable bonds is 7. The molecule has 1 atom stereocenters. The van der Waals surface area contributed by atoms with E-state index in [0.717, 1.165) is 18.7 Å². The molecule has 1 rings (SSSR count). The monoisotopic (exact) mass is 291 g/mol. The molecule has 1 N–H and O–H groups in total. The van der Waals surface area contributed by atoms with Gasteiger partial charge in [0.1, 0.15) is 0 Å². The molecule has 0 amide bonds. The Kier molecular flexibility index (Phi) is 7.36. The maximum Gasteiger partial charge on any atom is 0.0603 e. The lowest BCUT2D eigenvalue weighted by molar-refractivity contribution is 0.539. The van der Waals surface area contributed by atoms with Crippen LogP contribution >= 0.6 is 35.0 Å². The van der Waals surface area contributed by atoms with Crippen molar-refractivity contribution in [2.24, 2.45) is 0 Å². The molecule has 0 heterocycles. The van der Waals surface area contributed by atoms with Gasteiger partial charge in [0, 0.05) is 16.7 Å². The fourth-order valence-corrected chi connectivity index (χ4v) is 2.91. The van der Waals surface area contributed by atoms with E-state index in [0.29, 0.717) is 16.1 Å². The lowest BCUT2D eigenvalue weighted by atomic mass is 10.2. The van der Waals surface area contributed by atoms with Gasteiger partial charge in [-0.15, -0.1) is 11.8 Å². The van der Waals surface area contributed by atoms with Gasteiger partial charge in [-0.2, -0.15) is 0 Å². The van der Waals surface area contributed by atoms with Crippen LogP contribution in [0.15, 0.2) is 23.1 Å². The number of benzene rings is 1. The van der Waals surface area contributed by atoms with Gasteiger partial charge < -0.3 is 5.32 Å². The standard InChI is InChI=1S/C13H19Cl2NS/c1-3-7-16-10(4-2)9-17-11-5-6-12(14)13(15)8-11/h5-6,8,10,16H,3-4,7,9H2,1-2H3. The number of halogens is 2. The van der Waals surface area contributed by atoms with Crippen LogP contribution in [-0.4, -0.2) is 18.3 Å². The second-order valence-electron chi connectivity index (χ2n) is 3.95. The number of hydrogen-bond donors (Lipinski definition) is 1. The zero-order chi connectivity index (χ0) is 12.7. The summed E-state index contributed by atoms with van der Waals surface area (Å²) in [5, 5.41) is 4.78. The van der Waals surface area contributed by atoms with Crippen LogP contribution in [0.25, 0.3) is 0 Å². The first kappa shape index (κ1) is 15.2. The topological polar surface area (TPSA) is 12.0 Å². The molecular formula is C13H19Cl2NS. The molecule has 0 fully saturated rings. The highest BCUT2D eigenvalue weighted by molar-refractivity contribution is 7.99. The van der Waals surface area contributed by atoms with E-state index < -0.39 is 0 Å². The first-order valence-corrected chi connectivity index (χ1v) is 7.72. The molecule has 1 aromatic rings. The zero-order valence-corrected chi connectivity index (χ0v) is 12.6. The maximum atomic E-state index is 5.99. The highest BCUT2D eigenvalue weighted by Crippen LogP contribution is 2.28. The van der Waals surface area contributed by atoms with E-state index in [1.54, 1.807) is 0 Å². The van der Waals surface area contributed by atoms with Crippen molar-refractivity contribution in [1.82, 2.24) is 5.32 Å². The van der Waals surface area contributed by atoms with Crippen LogP contribution in [0.3, 0.4) is 0 Å². The number of nitrogens with one attached hydrogen (secondary N) is 1. The summed E-state index contributed by atoms with van der Waals surface area (Å²) in [5.74, 6) is 1.06. The summed E-state index contributed by atoms with van der Waals surface area (Å²) in [4.78, 5) is 1.18. The maximum absolute atomic E-state index is 5.99. The van der Waals surface area contributed by atoms with Crippen LogP contribution in [0.1, 0.15) is 26.7 Å². The minimum Gasteiger partial charge on any atom is -0.313 e. The largest absolute Gasteiger partial charge is 0.313 e. The third-order valence-corrected chi connectivity index (χ3v) is 4.41. The molecule has 0 saturated heterocycles. The van der Waals surface area contributed by atoms with Gasteiger partial charge in [0.15, 0.2) is 0 Å². The Hall–Kier alpha value is 0.110. The van der Waals surface area contributed by atoms with Crippen molar-refractivity contribution in [1.29, 1.82) is 0 Å². The van der Waals surface area contributed by atoms with Crippen LogP contribution in [-0.2, 0) is 0 Å². The quantitative estimate of drug-likeness (QED) is 0.720. The predicted octanol–water partition coefficient (Wildman–Crippen LogP) is 4.86. The third kappa shape index (κ3) is 5.52. The zero-order valence-electron chi connectivity index (χ0n) is 10.3. The lowest BCUT2D eigenvalue weighted by Crippen LogP contribution is -2.31. The van der Waals surface area contributed by atoms with Crippen LogP contribution < -0.4 is 5.32 Å². The average molecular weight is 292 g/mol. The van der Waals surface area contributed by atoms with Crippen LogP contribution in [0.5, 0.6) is 0 Å². The molecule has 0 aliphatic heterocycles. The molecule has 0 radical (unpaired) electrons. The van der Waals surface area contributed by atoms with Gasteiger partial charge in [0.25, 0.3) is 0 Å². The summed E-state index contributed by atoms with van der Waals surface area (Å²) in [6, 6.07) is 6.37. The van der Waals surface area contributed by atoms with Gasteiger partial charge in [0.05, 0.1) is 10.0 Å². The van der Waals surface area contributed by atoms with Crippen molar-refractivity contribution in [2.75, 3.05) is 12.3 Å². The Balaban J connectivity index is 2.45. The van der Waals surface area contributed by atoms with Crippen molar-refractivity contribution in [3.63, 3.8) is 0 Å². The van der Waals surface area contributed by atoms with Gasteiger partial charge in [-0.25, -0.2) is 0 Å². The van der Waals surface area contributed by atoms with Gasteiger partial charge in [-0.3, -0.25) is 0 Å². The molecule has 0 spiro atoms. The summed E-state index contributed by atoms with van der Waals surface area (Å²) in [6.45, 7) is 5.48. The fourth-order valence-electron chi connectivity index (χ4n) is 1.43. The summed E-state index contributed by atoms with van der Waals surface area (Å²) in [5.41, 5.74) is 0. The van der Waals surface area contributed by atoms with Gasteiger partial charge in [-0.05, 0) is 37.6 Å². The first-order chi connectivity index (χ1) is 8.17. The van der Waals surface area contributed by atoms with E-state index in [1.165, 1.54) is 11.3 Å². The van der Waals surface area contributed by atoms with E-state index in [9.17, 15) is 0 Å². The fraction of sp³-hybridized carbons (Fsp3) is 0.538. The lowest BCUT2D eigenvalue weighted by Gasteiger charge is -2.16. The number of thioether (sulfide) groups is 1.